The second-order valence-corrected chi connectivity index (χ2v) is 9.84. The topological polar surface area (TPSA) is 129 Å². The van der Waals surface area contributed by atoms with E-state index in [1.54, 1.807) is 20.8 Å². The lowest BCUT2D eigenvalue weighted by molar-refractivity contribution is -0.309. The number of carbonyl (C=O) groups is 1. The predicted octanol–water partition coefficient (Wildman–Crippen LogP) is 0.473. The van der Waals surface area contributed by atoms with Gasteiger partial charge in [0.2, 0.25) is 0 Å². The first-order valence-corrected chi connectivity index (χ1v) is 10.1. The van der Waals surface area contributed by atoms with Gasteiger partial charge in [0, 0.05) is 7.05 Å². The van der Waals surface area contributed by atoms with Crippen molar-refractivity contribution in [3.05, 3.63) is 0 Å². The summed E-state index contributed by atoms with van der Waals surface area (Å²) in [5.41, 5.74) is -2.28. The molecular weight excluding hydrogens is 382 g/mol. The lowest BCUT2D eigenvalue weighted by Gasteiger charge is -2.49. The number of rotatable bonds is 3. The van der Waals surface area contributed by atoms with Crippen molar-refractivity contribution in [2.45, 2.75) is 95.9 Å². The zero-order valence-electron chi connectivity index (χ0n) is 18.4. The SMILES string of the molecule is CC1CC(C)C(OC2OCC(C)(O)C(N(C)C(=O)OC(C)(C)C)C2O)C(O)C1O. The number of ether oxygens (including phenoxy) is 3. The van der Waals surface area contributed by atoms with Crippen LogP contribution >= 0.6 is 0 Å². The highest BCUT2D eigenvalue weighted by molar-refractivity contribution is 5.68. The van der Waals surface area contributed by atoms with Gasteiger partial charge in [-0.2, -0.15) is 0 Å². The molecule has 1 aliphatic heterocycles. The van der Waals surface area contributed by atoms with Gasteiger partial charge >= 0.3 is 6.09 Å². The molecule has 9 unspecified atom stereocenters. The third-order valence-electron chi connectivity index (χ3n) is 5.74. The second kappa shape index (κ2) is 8.64. The Morgan fingerprint density at radius 3 is 2.24 bits per heavy atom. The molecule has 0 radical (unpaired) electrons. The van der Waals surface area contributed by atoms with Gasteiger partial charge in [-0.25, -0.2) is 4.79 Å². The highest BCUT2D eigenvalue weighted by atomic mass is 16.7. The molecule has 9 atom stereocenters. The maximum absolute atomic E-state index is 12.5. The minimum absolute atomic E-state index is 0.0798. The molecule has 1 aliphatic carbocycles. The molecule has 1 saturated heterocycles. The lowest BCUT2D eigenvalue weighted by Crippen LogP contribution is -2.68. The molecule has 0 aromatic heterocycles. The number of amides is 1. The Hall–Kier alpha value is -0.970. The summed E-state index contributed by atoms with van der Waals surface area (Å²) in [5, 5.41) is 42.3. The highest BCUT2D eigenvalue weighted by Gasteiger charge is 2.52. The molecule has 170 valence electrons. The van der Waals surface area contributed by atoms with Crippen molar-refractivity contribution < 1.29 is 39.4 Å². The predicted molar refractivity (Wildman–Crippen MR) is 104 cm³/mol. The van der Waals surface area contributed by atoms with Gasteiger partial charge < -0.3 is 39.5 Å². The minimum Gasteiger partial charge on any atom is -0.444 e. The molecule has 0 aromatic carbocycles. The number of aliphatic hydroxyl groups is 4. The Morgan fingerprint density at radius 2 is 1.69 bits per heavy atom. The third kappa shape index (κ3) is 5.39. The van der Waals surface area contributed by atoms with Gasteiger partial charge in [0.15, 0.2) is 6.29 Å². The summed E-state index contributed by atoms with van der Waals surface area (Å²) >= 11 is 0. The van der Waals surface area contributed by atoms with E-state index in [2.05, 4.69) is 0 Å². The zero-order valence-corrected chi connectivity index (χ0v) is 18.4. The van der Waals surface area contributed by atoms with Crippen LogP contribution < -0.4 is 0 Å². The first kappa shape index (κ1) is 24.3. The van der Waals surface area contributed by atoms with Crippen LogP contribution in [0.2, 0.25) is 0 Å². The second-order valence-electron chi connectivity index (χ2n) is 9.84. The average Bonchev–Trinajstić information content (AvgIpc) is 2.56. The van der Waals surface area contributed by atoms with E-state index in [9.17, 15) is 25.2 Å². The van der Waals surface area contributed by atoms with Gasteiger partial charge in [-0.05, 0) is 46.0 Å². The molecule has 29 heavy (non-hydrogen) atoms. The third-order valence-corrected chi connectivity index (χ3v) is 5.74. The maximum Gasteiger partial charge on any atom is 0.410 e. The van der Waals surface area contributed by atoms with Gasteiger partial charge in [-0.3, -0.25) is 0 Å². The summed E-state index contributed by atoms with van der Waals surface area (Å²) in [4.78, 5) is 13.6. The summed E-state index contributed by atoms with van der Waals surface area (Å²) in [7, 11) is 1.43. The van der Waals surface area contributed by atoms with Crippen molar-refractivity contribution in [3.8, 4) is 0 Å². The van der Waals surface area contributed by atoms with Crippen LogP contribution in [0, 0.1) is 11.8 Å². The largest absolute Gasteiger partial charge is 0.444 e. The van der Waals surface area contributed by atoms with Gasteiger partial charge in [0.1, 0.15) is 23.4 Å². The number of nitrogens with zero attached hydrogens (tertiary/aromatic N) is 1. The Bertz CT molecular complexity index is 577. The highest BCUT2D eigenvalue weighted by Crippen LogP contribution is 2.35. The van der Waals surface area contributed by atoms with E-state index < -0.39 is 54.0 Å². The quantitative estimate of drug-likeness (QED) is 0.520. The molecule has 0 aromatic rings. The van der Waals surface area contributed by atoms with Crippen LogP contribution in [-0.4, -0.2) is 93.0 Å². The number of hydrogen-bond donors (Lipinski definition) is 4. The van der Waals surface area contributed by atoms with Crippen LogP contribution in [0.4, 0.5) is 4.79 Å². The molecule has 2 rings (SSSR count). The Balaban J connectivity index is 2.17. The lowest BCUT2D eigenvalue weighted by atomic mass is 9.77. The standard InChI is InChI=1S/C20H37NO8/c1-10-8-11(2)15(13(23)12(10)22)28-17-14(24)16(20(6,26)9-27-17)21(7)18(25)29-19(3,4)5/h10-17,22-24,26H,8-9H2,1-7H3. The normalized spacial score (nSPS) is 43.7. The molecular formula is C20H37NO8. The van der Waals surface area contributed by atoms with Crippen LogP contribution in [0.5, 0.6) is 0 Å². The molecule has 9 nitrogen and oxygen atoms in total. The fourth-order valence-corrected chi connectivity index (χ4v) is 4.26. The Labute approximate surface area is 172 Å². The van der Waals surface area contributed by atoms with Gasteiger partial charge in [0.05, 0.1) is 24.9 Å². The average molecular weight is 420 g/mol. The van der Waals surface area contributed by atoms with Crippen molar-refractivity contribution in [2.24, 2.45) is 11.8 Å². The fourth-order valence-electron chi connectivity index (χ4n) is 4.26. The monoisotopic (exact) mass is 419 g/mol. The molecule has 2 fully saturated rings. The van der Waals surface area contributed by atoms with Crippen molar-refractivity contribution >= 4 is 6.09 Å². The summed E-state index contributed by atoms with van der Waals surface area (Å²) in [6, 6.07) is -1.06. The first-order chi connectivity index (χ1) is 13.2. The fraction of sp³-hybridized carbons (Fsp3) is 0.950. The smallest absolute Gasteiger partial charge is 0.410 e. The van der Waals surface area contributed by atoms with E-state index in [4.69, 9.17) is 14.2 Å². The van der Waals surface area contributed by atoms with Crippen molar-refractivity contribution in [1.29, 1.82) is 0 Å². The summed E-state index contributed by atoms with van der Waals surface area (Å²) in [5.74, 6) is -0.160. The zero-order chi connectivity index (χ0) is 22.3. The van der Waals surface area contributed by atoms with Crippen molar-refractivity contribution in [3.63, 3.8) is 0 Å². The molecule has 0 bridgehead atoms. The van der Waals surface area contributed by atoms with E-state index >= 15 is 0 Å². The van der Waals surface area contributed by atoms with Crippen LogP contribution in [0.3, 0.4) is 0 Å². The molecule has 1 saturated carbocycles. The number of carbonyl (C=O) groups excluding carboxylic acids is 1. The van der Waals surface area contributed by atoms with Gasteiger partial charge in [0.25, 0.3) is 0 Å². The van der Waals surface area contributed by atoms with E-state index in [0.29, 0.717) is 6.42 Å². The van der Waals surface area contributed by atoms with E-state index in [0.717, 1.165) is 4.90 Å². The minimum atomic E-state index is -1.55. The van der Waals surface area contributed by atoms with Gasteiger partial charge in [-0.1, -0.05) is 13.8 Å². The molecule has 2 aliphatic rings. The van der Waals surface area contributed by atoms with E-state index in [1.807, 2.05) is 13.8 Å². The summed E-state index contributed by atoms with van der Waals surface area (Å²) in [6.07, 6.45) is -5.46. The molecule has 0 spiro atoms. The van der Waals surface area contributed by atoms with Crippen molar-refractivity contribution in [1.82, 2.24) is 4.90 Å². The van der Waals surface area contributed by atoms with Crippen LogP contribution in [0.1, 0.15) is 48.0 Å². The van der Waals surface area contributed by atoms with Crippen LogP contribution in [0.15, 0.2) is 0 Å². The number of hydrogen-bond acceptors (Lipinski definition) is 8. The van der Waals surface area contributed by atoms with Crippen molar-refractivity contribution in [2.75, 3.05) is 13.7 Å². The Morgan fingerprint density at radius 1 is 1.10 bits per heavy atom. The molecule has 4 N–H and O–H groups in total. The molecule has 9 heteroatoms. The Kier molecular flexibility index (Phi) is 7.24. The molecule has 1 heterocycles. The number of likely N-dealkylation sites (N-methyl/N-ethyl adjacent to an activating group) is 1. The number of aliphatic hydroxyl groups excluding tert-OH is 3. The summed E-state index contributed by atoms with van der Waals surface area (Å²) in [6.45, 7) is 10.2. The van der Waals surface area contributed by atoms with E-state index in [1.165, 1.54) is 14.0 Å². The van der Waals surface area contributed by atoms with Crippen LogP contribution in [-0.2, 0) is 14.2 Å². The summed E-state index contributed by atoms with van der Waals surface area (Å²) < 4.78 is 16.8. The first-order valence-electron chi connectivity index (χ1n) is 10.1. The van der Waals surface area contributed by atoms with Gasteiger partial charge in [-0.15, -0.1) is 0 Å². The van der Waals surface area contributed by atoms with Crippen LogP contribution in [0.25, 0.3) is 0 Å². The molecule has 1 amide bonds. The maximum atomic E-state index is 12.5. The van der Waals surface area contributed by atoms with E-state index in [-0.39, 0.29) is 18.4 Å².